The van der Waals surface area contributed by atoms with Crippen LogP contribution in [0.1, 0.15) is 52.7 Å². The van der Waals surface area contributed by atoms with E-state index in [2.05, 4.69) is 47.0 Å². The number of phosphoric ester groups is 3. The van der Waals surface area contributed by atoms with Crippen LogP contribution in [0.5, 0.6) is 0 Å². The predicted octanol–water partition coefficient (Wildman–Crippen LogP) is -1.04. The smallest absolute Gasteiger partial charge is 0.479 e. The van der Waals surface area contributed by atoms with Crippen molar-refractivity contribution in [1.82, 2.24) is 30.2 Å². The van der Waals surface area contributed by atoms with Gasteiger partial charge in [0.25, 0.3) is 0 Å². The Labute approximate surface area is 330 Å². The zero-order valence-electron chi connectivity index (χ0n) is 30.7. The van der Waals surface area contributed by atoms with Crippen molar-refractivity contribution in [1.29, 1.82) is 0 Å². The molecule has 3 unspecified atom stereocenters. The van der Waals surface area contributed by atoms with Crippen LogP contribution >= 0.6 is 36.1 Å². The van der Waals surface area contributed by atoms with E-state index in [1.165, 1.54) is 13.8 Å². The molecule has 0 saturated carbocycles. The first-order valence-electron chi connectivity index (χ1n) is 16.7. The summed E-state index contributed by atoms with van der Waals surface area (Å²) in [6, 6.07) is 0. The monoisotopic (exact) mass is 899 g/mol. The number of amides is 2. The number of fused-ring (bicyclic) bond motifs is 1. The topological polar surface area (TPSA) is 404 Å². The van der Waals surface area contributed by atoms with E-state index in [-0.39, 0.29) is 35.9 Å². The summed E-state index contributed by atoms with van der Waals surface area (Å²) in [6.45, 7) is 2.68. The fourth-order valence-electron chi connectivity index (χ4n) is 4.66. The number of aliphatic carboxylic acids is 1. The summed E-state index contributed by atoms with van der Waals surface area (Å²) in [4.78, 5) is 84.6. The highest BCUT2D eigenvalue weighted by molar-refractivity contribution is 7.80. The molecule has 1 saturated heterocycles. The van der Waals surface area contributed by atoms with Crippen molar-refractivity contribution >= 4 is 70.9 Å². The van der Waals surface area contributed by atoms with E-state index in [0.717, 1.165) is 30.1 Å². The van der Waals surface area contributed by atoms with E-state index in [1.807, 2.05) is 6.92 Å². The van der Waals surface area contributed by atoms with Crippen LogP contribution < -0.4 is 16.4 Å². The second-order valence-electron chi connectivity index (χ2n) is 12.8. The molecular formula is C27H48N7O19P3S. The maximum absolute atomic E-state index is 12.6. The first kappa shape index (κ1) is 50.5. The summed E-state index contributed by atoms with van der Waals surface area (Å²) in [5, 5.41) is 42.9. The molecule has 30 heteroatoms. The summed E-state index contributed by atoms with van der Waals surface area (Å²) in [5.74, 6) is -2.07. The predicted molar refractivity (Wildman–Crippen MR) is 197 cm³/mol. The van der Waals surface area contributed by atoms with Crippen molar-refractivity contribution in [2.24, 2.45) is 5.41 Å². The van der Waals surface area contributed by atoms with Crippen molar-refractivity contribution in [2.75, 3.05) is 37.8 Å². The van der Waals surface area contributed by atoms with Gasteiger partial charge < -0.3 is 61.1 Å². The quantitative estimate of drug-likeness (QED) is 0.0496. The van der Waals surface area contributed by atoms with E-state index < -0.39 is 90.7 Å². The van der Waals surface area contributed by atoms with Crippen molar-refractivity contribution < 1.29 is 90.7 Å². The van der Waals surface area contributed by atoms with E-state index in [4.69, 9.17) is 29.7 Å². The van der Waals surface area contributed by atoms with Crippen molar-refractivity contribution in [2.45, 2.75) is 83.2 Å². The lowest BCUT2D eigenvalue weighted by atomic mass is 9.87. The summed E-state index contributed by atoms with van der Waals surface area (Å²) >= 11 is 3.95. The van der Waals surface area contributed by atoms with Crippen LogP contribution in [0.15, 0.2) is 12.7 Å². The van der Waals surface area contributed by atoms with Gasteiger partial charge in [0.05, 0.1) is 19.5 Å². The number of hydrogen-bond donors (Lipinski definition) is 12. The van der Waals surface area contributed by atoms with Crippen LogP contribution in [0.3, 0.4) is 0 Å². The number of anilines is 1. The van der Waals surface area contributed by atoms with Crippen LogP contribution in [-0.4, -0.2) is 140 Å². The lowest BCUT2D eigenvalue weighted by Crippen LogP contribution is -2.46. The van der Waals surface area contributed by atoms with Gasteiger partial charge in [-0.25, -0.2) is 33.4 Å². The average Bonchev–Trinajstić information content (AvgIpc) is 3.67. The Balaban J connectivity index is 0.00000111. The number of carbonyl (C=O) groups is 3. The number of carboxylic acid groups (broad SMARTS) is 1. The number of nitrogen functional groups attached to an aromatic ring is 1. The van der Waals surface area contributed by atoms with Gasteiger partial charge in [0.2, 0.25) is 11.8 Å². The number of imidazole rings is 1. The lowest BCUT2D eigenvalue weighted by Gasteiger charge is -2.30. The molecule has 0 bridgehead atoms. The SMILES string of the molecule is CC(C)(COP(=O)(O)OP(=O)(O)OC[C@H]1O[C@@H](n2cnc3c(N)ncnc32)[C@H](O)[C@@H]1OP(=O)(O)O)[C@@H](O)C(=O)NCCC(=O)NCCS.CCCCC(O)C(=O)O. The minimum absolute atomic E-state index is 0.0363. The molecule has 2 aromatic rings. The average molecular weight is 900 g/mol. The number of thiol groups is 1. The Morgan fingerprint density at radius 3 is 2.30 bits per heavy atom. The Morgan fingerprint density at radius 1 is 1.05 bits per heavy atom. The van der Waals surface area contributed by atoms with Crippen molar-refractivity contribution in [3.05, 3.63) is 12.7 Å². The van der Waals surface area contributed by atoms with Gasteiger partial charge in [-0.05, 0) is 6.42 Å². The highest BCUT2D eigenvalue weighted by Crippen LogP contribution is 2.61. The van der Waals surface area contributed by atoms with E-state index in [0.29, 0.717) is 18.7 Å². The molecule has 12 N–H and O–H groups in total. The van der Waals surface area contributed by atoms with Gasteiger partial charge in [-0.1, -0.05) is 33.6 Å². The molecular weight excluding hydrogens is 851 g/mol. The molecule has 0 aliphatic carbocycles. The third-order valence-electron chi connectivity index (χ3n) is 7.63. The number of ether oxygens (including phenoxy) is 1. The van der Waals surface area contributed by atoms with Gasteiger partial charge in [-0.2, -0.15) is 16.9 Å². The minimum Gasteiger partial charge on any atom is -0.479 e. The molecule has 3 rings (SSSR count). The second-order valence-corrected chi connectivity index (χ2v) is 17.5. The number of carbonyl (C=O) groups excluding carboxylic acids is 2. The van der Waals surface area contributed by atoms with Gasteiger partial charge >= 0.3 is 29.4 Å². The number of carboxylic acids is 1. The van der Waals surface area contributed by atoms with Crippen molar-refractivity contribution in [3.8, 4) is 0 Å². The summed E-state index contributed by atoms with van der Waals surface area (Å²) in [5.41, 5.74) is 4.30. The number of aliphatic hydroxyl groups is 3. The normalized spacial score (nSPS) is 21.7. The van der Waals surface area contributed by atoms with Crippen LogP contribution in [0, 0.1) is 5.41 Å². The maximum Gasteiger partial charge on any atom is 0.481 e. The first-order chi connectivity index (χ1) is 26.3. The molecule has 57 heavy (non-hydrogen) atoms. The summed E-state index contributed by atoms with van der Waals surface area (Å²) < 4.78 is 61.7. The number of nitrogens with two attached hydrogens (primary N) is 1. The zero-order valence-corrected chi connectivity index (χ0v) is 34.3. The standard InChI is InChI=1S/C21H36N7O16P3S.C6H12O3/c1-21(2,16(31)19(32)24-4-3-12(29)23-5-6-48)8-41-47(38,39)44-46(36,37)40-7-11-15(43-45(33,34)35)14(30)20(42-11)28-10-27-13-17(22)25-9-26-18(13)28;1-2-3-4-5(7)6(8)9/h9-11,14-16,20,30-31,48H,3-8H2,1-2H3,(H,23,29)(H,24,32)(H,36,37)(H,38,39)(H2,22,25,26)(H2,33,34,35);5,7H,2-4H2,1H3,(H,8,9)/t11-,14-,15-,16+,20-;/m1./s1. The number of unbranched alkanes of at least 4 members (excludes halogenated alkanes) is 1. The van der Waals surface area contributed by atoms with Crippen LogP contribution in [0.25, 0.3) is 11.2 Å². The van der Waals surface area contributed by atoms with Gasteiger partial charge in [0.15, 0.2) is 23.8 Å². The number of aliphatic hydroxyl groups excluding tert-OH is 3. The third kappa shape index (κ3) is 16.5. The van der Waals surface area contributed by atoms with Crippen LogP contribution in [0.2, 0.25) is 0 Å². The Morgan fingerprint density at radius 2 is 1.70 bits per heavy atom. The van der Waals surface area contributed by atoms with Gasteiger partial charge in [-0.3, -0.25) is 27.7 Å². The number of hydrogen-bond acceptors (Lipinski definition) is 19. The summed E-state index contributed by atoms with van der Waals surface area (Å²) in [6.07, 6.45) is -5.84. The highest BCUT2D eigenvalue weighted by atomic mass is 32.1. The zero-order chi connectivity index (χ0) is 43.4. The Kier molecular flexibility index (Phi) is 19.5. The third-order valence-corrected chi connectivity index (χ3v) is 11.0. The molecule has 0 radical (unpaired) electrons. The second kappa shape index (κ2) is 22.1. The molecule has 2 amide bonds. The van der Waals surface area contributed by atoms with Crippen LogP contribution in [-0.2, 0) is 50.7 Å². The molecule has 2 aromatic heterocycles. The Bertz CT molecular complexity index is 1800. The number of nitrogens with one attached hydrogen (secondary N) is 2. The molecule has 8 atom stereocenters. The molecule has 3 heterocycles. The molecule has 1 aliphatic heterocycles. The fourth-order valence-corrected chi connectivity index (χ4v) is 7.60. The Hall–Kier alpha value is -2.68. The molecule has 1 aliphatic rings. The lowest BCUT2D eigenvalue weighted by molar-refractivity contribution is -0.147. The molecule has 26 nitrogen and oxygen atoms in total. The molecule has 326 valence electrons. The maximum atomic E-state index is 12.6. The van der Waals surface area contributed by atoms with E-state index in [9.17, 15) is 57.9 Å². The molecule has 0 aromatic carbocycles. The number of rotatable bonds is 22. The number of phosphoric acid groups is 3. The van der Waals surface area contributed by atoms with E-state index >= 15 is 0 Å². The van der Waals surface area contributed by atoms with Crippen LogP contribution in [0.4, 0.5) is 5.82 Å². The fraction of sp³-hybridized carbons (Fsp3) is 0.704. The summed E-state index contributed by atoms with van der Waals surface area (Å²) in [7, 11) is -16.3. The highest BCUT2D eigenvalue weighted by Gasteiger charge is 2.50. The number of nitrogens with zero attached hydrogens (tertiary/aromatic N) is 4. The largest absolute Gasteiger partial charge is 0.481 e. The van der Waals surface area contributed by atoms with E-state index in [1.54, 1.807) is 0 Å². The first-order valence-corrected chi connectivity index (χ1v) is 21.9. The van der Waals surface area contributed by atoms with Gasteiger partial charge in [-0.15, -0.1) is 0 Å². The van der Waals surface area contributed by atoms with Crippen molar-refractivity contribution in [3.63, 3.8) is 0 Å². The van der Waals surface area contributed by atoms with Gasteiger partial charge in [0, 0.05) is 30.7 Å². The minimum atomic E-state index is -5.54. The van der Waals surface area contributed by atoms with Gasteiger partial charge in [0.1, 0.15) is 36.3 Å². The molecule has 0 spiro atoms. The molecule has 1 fully saturated rings. The number of aromatic nitrogens is 4.